The smallest absolute Gasteiger partial charge is 0.503 e. The maximum atomic E-state index is 13.5. The van der Waals surface area contributed by atoms with Crippen molar-refractivity contribution in [1.29, 1.82) is 0 Å². The fourth-order valence-corrected chi connectivity index (χ4v) is 8.22. The van der Waals surface area contributed by atoms with E-state index < -0.39 is 46.8 Å². The Balaban J connectivity index is 0.00000523. The molecule has 0 unspecified atom stereocenters. The SMILES string of the molecule is Nc1nc(C(=NOCc2cc(-c3cc(Cl)c(O)c(O)c3Cl)no2)C(=O)N[C@@H]2C(=O)N3C(C(=O)O)=C(CSc4cc[n+](C(=O)[O-])cc4)CS[C@H]23)cs1.[Na+]. The van der Waals surface area contributed by atoms with Gasteiger partial charge in [0.15, 0.2) is 47.1 Å². The number of carbonyl (C=O) groups excluding carboxylic acids is 3. The predicted molar refractivity (Wildman–Crippen MR) is 181 cm³/mol. The largest absolute Gasteiger partial charge is 1.00 e. The average molecular weight is 818 g/mol. The Morgan fingerprint density at radius 1 is 1.23 bits per heavy atom. The fraction of sp³-hybridized carbons (Fsp3) is 0.172. The van der Waals surface area contributed by atoms with Crippen LogP contribution in [0.25, 0.3) is 11.3 Å². The van der Waals surface area contributed by atoms with Crippen molar-refractivity contribution < 1.29 is 83.1 Å². The van der Waals surface area contributed by atoms with Crippen molar-refractivity contribution >= 4 is 92.8 Å². The summed E-state index contributed by atoms with van der Waals surface area (Å²) < 4.78 is 6.10. The predicted octanol–water partition coefficient (Wildman–Crippen LogP) is -0.967. The molecule has 2 amide bonds. The molecule has 0 spiro atoms. The van der Waals surface area contributed by atoms with E-state index in [-0.39, 0.29) is 97.0 Å². The normalized spacial score (nSPS) is 16.8. The van der Waals surface area contributed by atoms with Crippen LogP contribution in [0.3, 0.4) is 0 Å². The first-order valence-electron chi connectivity index (χ1n) is 14.2. The Labute approximate surface area is 336 Å². The number of nitrogens with one attached hydrogen (secondary N) is 1. The maximum absolute atomic E-state index is 13.5. The molecule has 0 saturated carbocycles. The van der Waals surface area contributed by atoms with E-state index in [1.807, 2.05) is 0 Å². The van der Waals surface area contributed by atoms with Gasteiger partial charge in [-0.3, -0.25) is 14.5 Å². The second-order valence-electron chi connectivity index (χ2n) is 10.5. The van der Waals surface area contributed by atoms with Gasteiger partial charge in [-0.05, 0) is 11.6 Å². The number of hydrogen-bond donors (Lipinski definition) is 5. The quantitative estimate of drug-likeness (QED) is 0.0232. The molecule has 1 fully saturated rings. The molecule has 1 aromatic carbocycles. The summed E-state index contributed by atoms with van der Waals surface area (Å²) in [5, 5.41) is 51.6. The molecule has 5 heterocycles. The number of thioether (sulfide) groups is 2. The number of nitrogen functional groups attached to an aromatic ring is 1. The van der Waals surface area contributed by atoms with Crippen LogP contribution >= 0.6 is 58.1 Å². The molecule has 4 aromatic rings. The number of anilines is 1. The number of aromatic hydroxyl groups is 2. The number of carboxylic acid groups (broad SMARTS) is 2. The van der Waals surface area contributed by atoms with E-state index in [2.05, 4.69) is 20.6 Å². The third-order valence-electron chi connectivity index (χ3n) is 7.30. The number of pyridine rings is 1. The Morgan fingerprint density at radius 2 is 1.96 bits per heavy atom. The molecule has 3 aromatic heterocycles. The average Bonchev–Trinajstić information content (AvgIpc) is 3.77. The molecule has 23 heteroatoms. The number of aromatic nitrogens is 3. The summed E-state index contributed by atoms with van der Waals surface area (Å²) in [5.41, 5.74) is 6.07. The van der Waals surface area contributed by atoms with Crippen LogP contribution in [0.5, 0.6) is 11.5 Å². The number of phenolic OH excluding ortho intramolecular Hbond substituents is 2. The number of thiazole rings is 1. The Kier molecular flexibility index (Phi) is 12.3. The van der Waals surface area contributed by atoms with Crippen molar-refractivity contribution in [2.24, 2.45) is 5.16 Å². The number of carboxylic acids is 1. The molecular formula is C29H21Cl2N7NaO10S3+. The number of halogens is 2. The van der Waals surface area contributed by atoms with Crippen LogP contribution < -0.4 is 50.3 Å². The maximum Gasteiger partial charge on any atom is 1.00 e. The summed E-state index contributed by atoms with van der Waals surface area (Å²) in [6, 6.07) is 4.66. The first-order valence-corrected chi connectivity index (χ1v) is 17.8. The molecule has 6 rings (SSSR count). The summed E-state index contributed by atoms with van der Waals surface area (Å²) >= 11 is 15.6. The molecule has 2 aliphatic rings. The second kappa shape index (κ2) is 16.3. The molecule has 0 bridgehead atoms. The Morgan fingerprint density at radius 3 is 2.62 bits per heavy atom. The summed E-state index contributed by atoms with van der Waals surface area (Å²) in [7, 11) is 0. The number of carbonyl (C=O) groups is 4. The Bertz CT molecular complexity index is 2150. The fourth-order valence-electron chi connectivity index (χ4n) is 4.86. The Hall–Kier alpha value is -4.02. The monoisotopic (exact) mass is 816 g/mol. The number of benzene rings is 1. The zero-order valence-corrected chi connectivity index (χ0v) is 32.3. The van der Waals surface area contributed by atoms with Crippen LogP contribution in [0, 0.1) is 0 Å². The minimum absolute atomic E-state index is 0. The van der Waals surface area contributed by atoms with E-state index in [1.54, 1.807) is 12.1 Å². The second-order valence-corrected chi connectivity index (χ2v) is 14.3. The van der Waals surface area contributed by atoms with Gasteiger partial charge < -0.3 is 45.6 Å². The van der Waals surface area contributed by atoms with Gasteiger partial charge in [-0.2, -0.15) is 4.57 Å². The van der Waals surface area contributed by atoms with Crippen LogP contribution in [0.1, 0.15) is 11.5 Å². The minimum atomic E-state index is -1.40. The summed E-state index contributed by atoms with van der Waals surface area (Å²) in [5.74, 6) is -3.48. The number of rotatable bonds is 11. The number of hydrogen-bond acceptors (Lipinski definition) is 16. The van der Waals surface area contributed by atoms with Crippen LogP contribution in [-0.2, 0) is 25.8 Å². The van der Waals surface area contributed by atoms with Crippen molar-refractivity contribution in [3.05, 3.63) is 74.8 Å². The van der Waals surface area contributed by atoms with Gasteiger partial charge in [0.1, 0.15) is 28.5 Å². The molecule has 17 nitrogen and oxygen atoms in total. The minimum Gasteiger partial charge on any atom is -0.503 e. The van der Waals surface area contributed by atoms with Crippen molar-refractivity contribution in [3.63, 3.8) is 0 Å². The standard InChI is InChI=1S/C29H21Cl2N7O10S3.Na/c30-15-6-14(18(31)23(40)22(15)39)16-5-12(48-35-16)7-47-36-19(17-10-51-28(32)33-17)24(41)34-20-25(42)38-21(27(43)44)11(9-50-26(20)38)8-49-13-1-3-37(4-2-13)29(45)46;/h1-6,10,20,26H,7-9H2,(H6-,32,33,34,35,36,39,40,41,43,44,45,46);/q;+1/t20-,26-;/m1./s1. The molecule has 6 N–H and O–H groups in total. The van der Waals surface area contributed by atoms with E-state index in [0.717, 1.165) is 20.8 Å². The van der Waals surface area contributed by atoms with Gasteiger partial charge in [-0.15, -0.1) is 34.9 Å². The van der Waals surface area contributed by atoms with E-state index in [0.29, 0.717) is 10.5 Å². The number of aliphatic carboxylic acids is 1. The van der Waals surface area contributed by atoms with E-state index in [1.165, 1.54) is 53.4 Å². The molecule has 0 aliphatic carbocycles. The number of oxime groups is 1. The van der Waals surface area contributed by atoms with Crippen molar-refractivity contribution in [1.82, 2.24) is 20.4 Å². The first-order chi connectivity index (χ1) is 24.3. The van der Waals surface area contributed by atoms with Crippen LogP contribution in [-0.4, -0.2) is 82.9 Å². The molecule has 2 aliphatic heterocycles. The number of nitrogens with two attached hydrogens (primary N) is 1. The van der Waals surface area contributed by atoms with E-state index in [4.69, 9.17) is 38.3 Å². The van der Waals surface area contributed by atoms with Gasteiger partial charge in [0.05, 0.1) is 10.0 Å². The molecule has 0 radical (unpaired) electrons. The van der Waals surface area contributed by atoms with Gasteiger partial charge in [-0.25, -0.2) is 9.78 Å². The third-order valence-corrected chi connectivity index (χ3v) is 11.1. The number of nitrogens with zero attached hydrogens (tertiary/aromatic N) is 5. The van der Waals surface area contributed by atoms with E-state index in [9.17, 15) is 39.6 Å². The van der Waals surface area contributed by atoms with Crippen LogP contribution in [0.15, 0.2) is 67.9 Å². The van der Waals surface area contributed by atoms with Gasteiger partial charge in [0.2, 0.25) is 0 Å². The van der Waals surface area contributed by atoms with Crippen LogP contribution in [0.2, 0.25) is 10.0 Å². The zero-order chi connectivity index (χ0) is 36.6. The third kappa shape index (κ3) is 7.98. The molecule has 2 atom stereocenters. The van der Waals surface area contributed by atoms with Gasteiger partial charge in [-0.1, -0.05) is 33.5 Å². The first kappa shape index (κ1) is 39.2. The topological polar surface area (TPSA) is 258 Å². The van der Waals surface area contributed by atoms with Crippen molar-refractivity contribution in [2.75, 3.05) is 17.2 Å². The van der Waals surface area contributed by atoms with Crippen molar-refractivity contribution in [2.45, 2.75) is 22.9 Å². The van der Waals surface area contributed by atoms with Crippen molar-refractivity contribution in [3.8, 4) is 22.8 Å². The molecule has 52 heavy (non-hydrogen) atoms. The van der Waals surface area contributed by atoms with E-state index >= 15 is 0 Å². The van der Waals surface area contributed by atoms with Gasteiger partial charge in [0.25, 0.3) is 11.8 Å². The number of phenols is 2. The number of β-lactam (4-membered cyclic amide) rings is 1. The summed E-state index contributed by atoms with van der Waals surface area (Å²) in [6.45, 7) is -0.346. The molecular weight excluding hydrogens is 796 g/mol. The summed E-state index contributed by atoms with van der Waals surface area (Å²) in [4.78, 5) is 61.3. The van der Waals surface area contributed by atoms with Gasteiger partial charge in [0, 0.05) is 45.5 Å². The molecule has 1 saturated heterocycles. The zero-order valence-electron chi connectivity index (χ0n) is 26.3. The summed E-state index contributed by atoms with van der Waals surface area (Å²) in [6.07, 6.45) is 1.20. The van der Waals surface area contributed by atoms with Crippen LogP contribution in [0.4, 0.5) is 9.93 Å². The van der Waals surface area contributed by atoms with Gasteiger partial charge >= 0.3 is 41.6 Å². The number of amides is 2. The number of fused-ring (bicyclic) bond motifs is 1. The molecule has 264 valence electrons.